The van der Waals surface area contributed by atoms with Crippen LogP contribution in [0, 0.1) is 0 Å². The van der Waals surface area contributed by atoms with E-state index in [2.05, 4.69) is 5.32 Å². The van der Waals surface area contributed by atoms with Gasteiger partial charge in [-0.15, -0.1) is 0 Å². The lowest BCUT2D eigenvalue weighted by Crippen LogP contribution is -2.47. The Morgan fingerprint density at radius 1 is 1.11 bits per heavy atom. The first-order valence-electron chi connectivity index (χ1n) is 5.77. The Hall–Kier alpha value is -1.30. The first-order valence-corrected chi connectivity index (χ1v) is 5.77. The van der Waals surface area contributed by atoms with Gasteiger partial charge in [-0.3, -0.25) is 0 Å². The molecule has 0 fully saturated rings. The smallest absolute Gasteiger partial charge is 0.405 e. The highest BCUT2D eigenvalue weighted by atomic mass is 16.6. The second kappa shape index (κ2) is 6.04. The first-order chi connectivity index (χ1) is 7.91. The molecule has 0 aromatic rings. The van der Waals surface area contributed by atoms with Gasteiger partial charge in [-0.1, -0.05) is 0 Å². The van der Waals surface area contributed by atoms with Crippen LogP contribution in [0.5, 0.6) is 0 Å². The number of nitrogens with one attached hydrogen (secondary N) is 1. The summed E-state index contributed by atoms with van der Waals surface area (Å²) in [6, 6.07) is -1.03. The molecule has 1 amide bonds. The minimum Gasteiger partial charge on any atom is -0.465 e. The predicted octanol–water partition coefficient (Wildman–Crippen LogP) is 1.78. The molecule has 0 aromatic carbocycles. The maximum absolute atomic E-state index is 11.8. The average molecular weight is 261 g/mol. The first kappa shape index (κ1) is 16.7. The van der Waals surface area contributed by atoms with E-state index in [-0.39, 0.29) is 6.61 Å². The molecular formula is C12H23NO5. The molecule has 0 aliphatic heterocycles. The maximum Gasteiger partial charge on any atom is 0.405 e. The quantitative estimate of drug-likeness (QED) is 0.753. The number of carboxylic acid groups (broad SMARTS) is 1. The third-order valence-corrected chi connectivity index (χ3v) is 1.67. The van der Waals surface area contributed by atoms with Gasteiger partial charge in [0.15, 0.2) is 6.04 Å². The summed E-state index contributed by atoms with van der Waals surface area (Å²) < 4.78 is 10.5. The zero-order valence-corrected chi connectivity index (χ0v) is 11.9. The second-order valence-electron chi connectivity index (χ2n) is 5.96. The predicted molar refractivity (Wildman–Crippen MR) is 66.5 cm³/mol. The highest BCUT2D eigenvalue weighted by Crippen LogP contribution is 2.11. The molecule has 1 atom stereocenters. The highest BCUT2D eigenvalue weighted by Gasteiger charge is 2.28. The van der Waals surface area contributed by atoms with Crippen LogP contribution in [-0.4, -0.2) is 41.0 Å². The average Bonchev–Trinajstić information content (AvgIpc) is 2.06. The lowest BCUT2D eigenvalue weighted by Gasteiger charge is -2.26. The summed E-state index contributed by atoms with van der Waals surface area (Å²) in [7, 11) is 0. The van der Waals surface area contributed by atoms with Crippen LogP contribution in [0.25, 0.3) is 0 Å². The molecule has 0 bridgehead atoms. The summed E-state index contributed by atoms with van der Waals surface area (Å²) in [5.41, 5.74) is -1.13. The monoisotopic (exact) mass is 261 g/mol. The number of hydrogen-bond acceptors (Lipinski definition) is 4. The van der Waals surface area contributed by atoms with Crippen molar-refractivity contribution >= 4 is 12.1 Å². The van der Waals surface area contributed by atoms with Gasteiger partial charge in [0.2, 0.25) is 0 Å². The Bertz CT molecular complexity index is 301. The number of esters is 1. The van der Waals surface area contributed by atoms with Gasteiger partial charge in [-0.25, -0.2) is 9.59 Å². The van der Waals surface area contributed by atoms with Crippen molar-refractivity contribution in [2.45, 2.75) is 58.8 Å². The van der Waals surface area contributed by atoms with Crippen molar-refractivity contribution < 1.29 is 24.2 Å². The summed E-state index contributed by atoms with van der Waals surface area (Å²) in [5.74, 6) is -0.644. The molecule has 0 unspecified atom stereocenters. The highest BCUT2D eigenvalue weighted by molar-refractivity contribution is 5.81. The van der Waals surface area contributed by atoms with Crippen LogP contribution in [0.15, 0.2) is 0 Å². The van der Waals surface area contributed by atoms with E-state index in [1.54, 1.807) is 20.8 Å². The van der Waals surface area contributed by atoms with Gasteiger partial charge < -0.3 is 19.9 Å². The van der Waals surface area contributed by atoms with Crippen molar-refractivity contribution in [1.82, 2.24) is 5.32 Å². The van der Waals surface area contributed by atoms with Crippen molar-refractivity contribution in [3.8, 4) is 0 Å². The zero-order valence-electron chi connectivity index (χ0n) is 11.9. The molecule has 6 nitrogen and oxygen atoms in total. The second-order valence-corrected chi connectivity index (χ2v) is 5.96. The van der Waals surface area contributed by atoms with E-state index >= 15 is 0 Å². The molecule has 0 aliphatic rings. The minimum absolute atomic E-state index is 0.0648. The Kier molecular flexibility index (Phi) is 5.60. The molecular weight excluding hydrogens is 238 g/mol. The van der Waals surface area contributed by atoms with Gasteiger partial charge >= 0.3 is 12.1 Å². The fourth-order valence-corrected chi connectivity index (χ4v) is 1.02. The van der Waals surface area contributed by atoms with Crippen LogP contribution in [0.1, 0.15) is 41.5 Å². The molecule has 0 aliphatic carbocycles. The Morgan fingerprint density at radius 2 is 1.61 bits per heavy atom. The Balaban J connectivity index is 4.57. The topological polar surface area (TPSA) is 84.9 Å². The lowest BCUT2D eigenvalue weighted by molar-refractivity contribution is -0.160. The maximum atomic E-state index is 11.8. The number of rotatable bonds is 4. The zero-order chi connectivity index (χ0) is 14.6. The van der Waals surface area contributed by atoms with Gasteiger partial charge in [0.1, 0.15) is 5.60 Å². The van der Waals surface area contributed by atoms with E-state index in [4.69, 9.17) is 14.6 Å². The molecule has 0 aromatic heterocycles. The van der Waals surface area contributed by atoms with Crippen LogP contribution < -0.4 is 5.32 Å². The molecule has 0 spiro atoms. The van der Waals surface area contributed by atoms with Gasteiger partial charge in [0.25, 0.3) is 0 Å². The SMILES string of the molecule is CC(C)(C)OC[C@H](NC(=O)O)C(=O)OC(C)(C)C. The molecule has 0 saturated carbocycles. The van der Waals surface area contributed by atoms with Gasteiger partial charge in [0.05, 0.1) is 12.2 Å². The van der Waals surface area contributed by atoms with Gasteiger partial charge in [-0.2, -0.15) is 0 Å². The van der Waals surface area contributed by atoms with Crippen molar-refractivity contribution in [3.63, 3.8) is 0 Å². The number of hydrogen-bond donors (Lipinski definition) is 2. The van der Waals surface area contributed by atoms with Crippen molar-refractivity contribution in [3.05, 3.63) is 0 Å². The van der Waals surface area contributed by atoms with Crippen LogP contribution >= 0.6 is 0 Å². The Labute approximate surface area is 108 Å². The van der Waals surface area contributed by atoms with E-state index in [1.807, 2.05) is 20.8 Å². The van der Waals surface area contributed by atoms with Crippen molar-refractivity contribution in [1.29, 1.82) is 0 Å². The van der Waals surface area contributed by atoms with Gasteiger partial charge in [0, 0.05) is 0 Å². The van der Waals surface area contributed by atoms with E-state index in [1.165, 1.54) is 0 Å². The molecule has 0 rings (SSSR count). The molecule has 0 saturated heterocycles. The summed E-state index contributed by atoms with van der Waals surface area (Å²) in [4.78, 5) is 22.4. The largest absolute Gasteiger partial charge is 0.465 e. The summed E-state index contributed by atoms with van der Waals surface area (Å²) >= 11 is 0. The summed E-state index contributed by atoms with van der Waals surface area (Å²) in [6.07, 6.45) is -1.29. The number of carbonyl (C=O) groups excluding carboxylic acids is 1. The molecule has 18 heavy (non-hydrogen) atoms. The van der Waals surface area contributed by atoms with Crippen molar-refractivity contribution in [2.24, 2.45) is 0 Å². The molecule has 0 radical (unpaired) electrons. The summed E-state index contributed by atoms with van der Waals surface area (Å²) in [6.45, 7) is 10.5. The Morgan fingerprint density at radius 3 is 1.94 bits per heavy atom. The fourth-order valence-electron chi connectivity index (χ4n) is 1.02. The summed E-state index contributed by atoms with van der Waals surface area (Å²) in [5, 5.41) is 10.8. The lowest BCUT2D eigenvalue weighted by atomic mass is 10.1. The van der Waals surface area contributed by atoms with Gasteiger partial charge in [-0.05, 0) is 41.5 Å². The van der Waals surface area contributed by atoms with E-state index in [9.17, 15) is 9.59 Å². The normalized spacial score (nSPS) is 13.9. The third kappa shape index (κ3) is 8.81. The van der Waals surface area contributed by atoms with E-state index in [0.29, 0.717) is 0 Å². The molecule has 6 heteroatoms. The van der Waals surface area contributed by atoms with E-state index in [0.717, 1.165) is 0 Å². The van der Waals surface area contributed by atoms with Crippen LogP contribution in [0.2, 0.25) is 0 Å². The van der Waals surface area contributed by atoms with Crippen LogP contribution in [-0.2, 0) is 14.3 Å². The molecule has 0 heterocycles. The molecule has 106 valence electrons. The standard InChI is InChI=1S/C12H23NO5/c1-11(2,3)17-7-8(13-10(15)16)9(14)18-12(4,5)6/h8,13H,7H2,1-6H3,(H,15,16)/t8-/m0/s1. The number of amides is 1. The van der Waals surface area contributed by atoms with E-state index < -0.39 is 29.3 Å². The third-order valence-electron chi connectivity index (χ3n) is 1.67. The van der Waals surface area contributed by atoms with Crippen LogP contribution in [0.3, 0.4) is 0 Å². The van der Waals surface area contributed by atoms with Crippen molar-refractivity contribution in [2.75, 3.05) is 6.61 Å². The minimum atomic E-state index is -1.29. The number of ether oxygens (including phenoxy) is 2. The number of carbonyl (C=O) groups is 2. The fraction of sp³-hybridized carbons (Fsp3) is 0.833. The molecule has 2 N–H and O–H groups in total. The van der Waals surface area contributed by atoms with Crippen LogP contribution in [0.4, 0.5) is 4.79 Å².